The van der Waals surface area contributed by atoms with Crippen molar-refractivity contribution in [1.29, 1.82) is 5.26 Å². The topological polar surface area (TPSA) is 35.8 Å². The highest BCUT2D eigenvalue weighted by Gasteiger charge is 2.37. The highest BCUT2D eigenvalue weighted by atomic mass is 19.1. The van der Waals surface area contributed by atoms with Gasteiger partial charge in [0.05, 0.1) is 5.56 Å². The summed E-state index contributed by atoms with van der Waals surface area (Å²) < 4.78 is 13.1. The summed E-state index contributed by atoms with van der Waals surface area (Å²) in [5, 5.41) is 12.2. The third kappa shape index (κ3) is 2.83. The first-order valence-corrected chi connectivity index (χ1v) is 5.96. The SMILES string of the molecule is CC(C)(NCc1ccc(F)c(C#N)c1)C1CC1. The fourth-order valence-electron chi connectivity index (χ4n) is 2.05. The quantitative estimate of drug-likeness (QED) is 0.866. The third-order valence-corrected chi connectivity index (χ3v) is 3.50. The average molecular weight is 232 g/mol. The molecule has 1 aromatic rings. The Morgan fingerprint density at radius 3 is 2.76 bits per heavy atom. The molecule has 17 heavy (non-hydrogen) atoms. The average Bonchev–Trinajstić information content (AvgIpc) is 3.12. The Kier molecular flexibility index (Phi) is 3.17. The molecule has 0 aromatic heterocycles. The maximum absolute atomic E-state index is 13.1. The van der Waals surface area contributed by atoms with E-state index in [-0.39, 0.29) is 11.1 Å². The maximum Gasteiger partial charge on any atom is 0.140 e. The van der Waals surface area contributed by atoms with Gasteiger partial charge in [0.25, 0.3) is 0 Å². The lowest BCUT2D eigenvalue weighted by Gasteiger charge is -2.26. The van der Waals surface area contributed by atoms with Crippen LogP contribution in [0.5, 0.6) is 0 Å². The Morgan fingerprint density at radius 2 is 2.18 bits per heavy atom. The molecule has 1 aromatic carbocycles. The molecule has 1 aliphatic rings. The molecular weight excluding hydrogens is 215 g/mol. The van der Waals surface area contributed by atoms with Crippen molar-refractivity contribution in [3.8, 4) is 6.07 Å². The molecule has 0 aliphatic heterocycles. The number of hydrogen-bond donors (Lipinski definition) is 1. The van der Waals surface area contributed by atoms with Crippen molar-refractivity contribution in [2.24, 2.45) is 5.92 Å². The molecule has 2 rings (SSSR count). The smallest absolute Gasteiger partial charge is 0.140 e. The van der Waals surface area contributed by atoms with Gasteiger partial charge in [-0.15, -0.1) is 0 Å². The monoisotopic (exact) mass is 232 g/mol. The first-order chi connectivity index (χ1) is 8.03. The lowest BCUT2D eigenvalue weighted by molar-refractivity contribution is 0.339. The van der Waals surface area contributed by atoms with E-state index < -0.39 is 5.82 Å². The fraction of sp³-hybridized carbons (Fsp3) is 0.500. The summed E-state index contributed by atoms with van der Waals surface area (Å²) in [6.07, 6.45) is 2.57. The van der Waals surface area contributed by atoms with E-state index in [4.69, 9.17) is 5.26 Å². The number of hydrogen-bond acceptors (Lipinski definition) is 2. The molecule has 1 saturated carbocycles. The molecule has 0 heterocycles. The van der Waals surface area contributed by atoms with Gasteiger partial charge < -0.3 is 5.32 Å². The molecule has 0 unspecified atom stereocenters. The van der Waals surface area contributed by atoms with Crippen LogP contribution in [0.2, 0.25) is 0 Å². The van der Waals surface area contributed by atoms with Crippen LogP contribution in [0, 0.1) is 23.1 Å². The van der Waals surface area contributed by atoms with E-state index in [1.165, 1.54) is 18.9 Å². The summed E-state index contributed by atoms with van der Waals surface area (Å²) in [6, 6.07) is 6.57. The van der Waals surface area contributed by atoms with Gasteiger partial charge in [0.15, 0.2) is 0 Å². The molecule has 1 N–H and O–H groups in total. The van der Waals surface area contributed by atoms with Crippen LogP contribution >= 0.6 is 0 Å². The summed E-state index contributed by atoms with van der Waals surface area (Å²) in [7, 11) is 0. The van der Waals surface area contributed by atoms with Crippen LogP contribution in [0.4, 0.5) is 4.39 Å². The summed E-state index contributed by atoms with van der Waals surface area (Å²) in [5.74, 6) is 0.302. The van der Waals surface area contributed by atoms with Crippen LogP contribution < -0.4 is 5.32 Å². The van der Waals surface area contributed by atoms with Crippen LogP contribution in [0.25, 0.3) is 0 Å². The third-order valence-electron chi connectivity index (χ3n) is 3.50. The molecule has 0 spiro atoms. The maximum atomic E-state index is 13.1. The zero-order valence-electron chi connectivity index (χ0n) is 10.3. The molecule has 0 radical (unpaired) electrons. The predicted molar refractivity (Wildman–Crippen MR) is 64.8 cm³/mol. The van der Waals surface area contributed by atoms with Gasteiger partial charge >= 0.3 is 0 Å². The lowest BCUT2D eigenvalue weighted by atomic mass is 9.98. The minimum Gasteiger partial charge on any atom is -0.307 e. The molecule has 0 saturated heterocycles. The van der Waals surface area contributed by atoms with Crippen molar-refractivity contribution in [3.63, 3.8) is 0 Å². The largest absolute Gasteiger partial charge is 0.307 e. The van der Waals surface area contributed by atoms with E-state index in [1.54, 1.807) is 12.1 Å². The Hall–Kier alpha value is -1.40. The molecular formula is C14H17FN2. The van der Waals surface area contributed by atoms with E-state index in [0.717, 1.165) is 11.5 Å². The van der Waals surface area contributed by atoms with Gasteiger partial charge in [-0.25, -0.2) is 4.39 Å². The van der Waals surface area contributed by atoms with Gasteiger partial charge in [-0.2, -0.15) is 5.26 Å². The number of nitrogens with zero attached hydrogens (tertiary/aromatic N) is 1. The van der Waals surface area contributed by atoms with Gasteiger partial charge in [0.2, 0.25) is 0 Å². The summed E-state index contributed by atoms with van der Waals surface area (Å²) in [6.45, 7) is 5.07. The van der Waals surface area contributed by atoms with Gasteiger partial charge in [-0.1, -0.05) is 6.07 Å². The first kappa shape index (κ1) is 12.1. The molecule has 2 nitrogen and oxygen atoms in total. The van der Waals surface area contributed by atoms with Crippen LogP contribution in [-0.2, 0) is 6.54 Å². The lowest BCUT2D eigenvalue weighted by Crippen LogP contribution is -2.40. The standard InChI is InChI=1S/C14H17FN2/c1-14(2,12-4-5-12)17-9-10-3-6-13(15)11(7-10)8-16/h3,6-7,12,17H,4-5,9H2,1-2H3. The Bertz CT molecular complexity index is 456. The van der Waals surface area contributed by atoms with Crippen LogP contribution in [0.3, 0.4) is 0 Å². The highest BCUT2D eigenvalue weighted by molar-refractivity contribution is 5.34. The van der Waals surface area contributed by atoms with E-state index in [1.807, 2.05) is 6.07 Å². The molecule has 90 valence electrons. The number of nitrogens with one attached hydrogen (secondary N) is 1. The number of nitriles is 1. The molecule has 0 amide bonds. The minimum absolute atomic E-state index is 0.119. The van der Waals surface area contributed by atoms with Crippen molar-refractivity contribution in [2.45, 2.75) is 38.8 Å². The second-order valence-corrected chi connectivity index (χ2v) is 5.28. The van der Waals surface area contributed by atoms with Crippen molar-refractivity contribution < 1.29 is 4.39 Å². The van der Waals surface area contributed by atoms with Crippen LogP contribution in [-0.4, -0.2) is 5.54 Å². The van der Waals surface area contributed by atoms with Crippen molar-refractivity contribution in [2.75, 3.05) is 0 Å². The molecule has 0 atom stereocenters. The molecule has 3 heteroatoms. The van der Waals surface area contributed by atoms with Gasteiger partial charge in [0.1, 0.15) is 11.9 Å². The normalized spacial score (nSPS) is 15.6. The van der Waals surface area contributed by atoms with Gasteiger partial charge in [0, 0.05) is 12.1 Å². The number of halogens is 1. The predicted octanol–water partition coefficient (Wildman–Crippen LogP) is 2.98. The Labute approximate surface area is 101 Å². The summed E-state index contributed by atoms with van der Waals surface area (Å²) in [5.41, 5.74) is 1.20. The van der Waals surface area contributed by atoms with Crippen molar-refractivity contribution in [1.82, 2.24) is 5.32 Å². The van der Waals surface area contributed by atoms with E-state index in [0.29, 0.717) is 6.54 Å². The fourth-order valence-corrected chi connectivity index (χ4v) is 2.05. The van der Waals surface area contributed by atoms with Crippen molar-refractivity contribution >= 4 is 0 Å². The van der Waals surface area contributed by atoms with Gasteiger partial charge in [-0.3, -0.25) is 0 Å². The van der Waals surface area contributed by atoms with E-state index in [2.05, 4.69) is 19.2 Å². The van der Waals surface area contributed by atoms with Gasteiger partial charge in [-0.05, 0) is 50.3 Å². The van der Waals surface area contributed by atoms with Crippen LogP contribution in [0.15, 0.2) is 18.2 Å². The van der Waals surface area contributed by atoms with E-state index in [9.17, 15) is 4.39 Å². The zero-order chi connectivity index (χ0) is 12.5. The van der Waals surface area contributed by atoms with E-state index >= 15 is 0 Å². The number of benzene rings is 1. The van der Waals surface area contributed by atoms with Crippen LogP contribution in [0.1, 0.15) is 37.8 Å². The summed E-state index contributed by atoms with van der Waals surface area (Å²) >= 11 is 0. The number of rotatable bonds is 4. The molecule has 1 fully saturated rings. The Morgan fingerprint density at radius 1 is 1.47 bits per heavy atom. The summed E-state index contributed by atoms with van der Waals surface area (Å²) in [4.78, 5) is 0. The molecule has 0 bridgehead atoms. The second kappa shape index (κ2) is 4.46. The first-order valence-electron chi connectivity index (χ1n) is 5.96. The minimum atomic E-state index is -0.447. The highest BCUT2D eigenvalue weighted by Crippen LogP contribution is 2.39. The zero-order valence-corrected chi connectivity index (χ0v) is 10.3. The van der Waals surface area contributed by atoms with Crippen molar-refractivity contribution in [3.05, 3.63) is 35.1 Å². The molecule has 1 aliphatic carbocycles. The second-order valence-electron chi connectivity index (χ2n) is 5.28. The Balaban J connectivity index is 2.02.